The van der Waals surface area contributed by atoms with Gasteiger partial charge in [-0.1, -0.05) is 6.07 Å². The summed E-state index contributed by atoms with van der Waals surface area (Å²) in [6.45, 7) is 2.76. The van der Waals surface area contributed by atoms with Gasteiger partial charge in [0.2, 0.25) is 0 Å². The average Bonchev–Trinajstić information content (AvgIpc) is 2.07. The Morgan fingerprint density at radius 1 is 1.43 bits per heavy atom. The summed E-state index contributed by atoms with van der Waals surface area (Å²) in [5.74, 6) is 4.39. The topological polar surface area (TPSA) is 35.2 Å². The normalized spacial score (nSPS) is 11.8. The van der Waals surface area contributed by atoms with Crippen LogP contribution >= 0.6 is 0 Å². The number of hydrogen-bond donors (Lipinski definition) is 1. The SMILES string of the molecule is CC(C)(F)c1ccc(F)c(CON)c1. The minimum absolute atomic E-state index is 0.0598. The number of nitrogens with two attached hydrogens (primary N) is 1. The molecule has 14 heavy (non-hydrogen) atoms. The molecule has 0 amide bonds. The summed E-state index contributed by atoms with van der Waals surface area (Å²) in [6.07, 6.45) is 0. The van der Waals surface area contributed by atoms with Crippen LogP contribution in [0.25, 0.3) is 0 Å². The third-order valence-corrected chi connectivity index (χ3v) is 1.97. The summed E-state index contributed by atoms with van der Waals surface area (Å²) in [7, 11) is 0. The van der Waals surface area contributed by atoms with Gasteiger partial charge in [0, 0.05) is 5.56 Å². The van der Waals surface area contributed by atoms with Crippen LogP contribution in [0.5, 0.6) is 0 Å². The van der Waals surface area contributed by atoms with Crippen LogP contribution in [0, 0.1) is 5.82 Å². The van der Waals surface area contributed by atoms with E-state index < -0.39 is 11.5 Å². The molecule has 0 spiro atoms. The van der Waals surface area contributed by atoms with Crippen molar-refractivity contribution in [3.8, 4) is 0 Å². The Balaban J connectivity index is 3.06. The Kier molecular flexibility index (Phi) is 3.18. The molecule has 1 aromatic rings. The van der Waals surface area contributed by atoms with Gasteiger partial charge in [-0.25, -0.2) is 14.7 Å². The number of benzene rings is 1. The van der Waals surface area contributed by atoms with E-state index in [2.05, 4.69) is 4.84 Å². The summed E-state index contributed by atoms with van der Waals surface area (Å²) in [6, 6.07) is 4.04. The highest BCUT2D eigenvalue weighted by molar-refractivity contribution is 5.28. The Bertz CT molecular complexity index is 320. The van der Waals surface area contributed by atoms with E-state index in [1.807, 2.05) is 0 Å². The van der Waals surface area contributed by atoms with Crippen molar-refractivity contribution >= 4 is 0 Å². The predicted molar refractivity (Wildman–Crippen MR) is 49.5 cm³/mol. The second kappa shape index (κ2) is 4.02. The van der Waals surface area contributed by atoms with Crippen LogP contribution in [-0.2, 0) is 17.1 Å². The first kappa shape index (κ1) is 11.1. The van der Waals surface area contributed by atoms with Gasteiger partial charge >= 0.3 is 0 Å². The molecule has 0 saturated carbocycles. The molecule has 78 valence electrons. The van der Waals surface area contributed by atoms with Crippen molar-refractivity contribution in [2.45, 2.75) is 26.1 Å². The summed E-state index contributed by atoms with van der Waals surface area (Å²) in [5.41, 5.74) is -0.821. The Morgan fingerprint density at radius 3 is 2.57 bits per heavy atom. The van der Waals surface area contributed by atoms with Crippen LogP contribution in [-0.4, -0.2) is 0 Å². The van der Waals surface area contributed by atoms with Gasteiger partial charge in [0.25, 0.3) is 0 Å². The fourth-order valence-electron chi connectivity index (χ4n) is 1.14. The van der Waals surface area contributed by atoms with Crippen molar-refractivity contribution < 1.29 is 13.6 Å². The van der Waals surface area contributed by atoms with Crippen molar-refractivity contribution in [1.82, 2.24) is 0 Å². The molecular formula is C10H13F2NO. The van der Waals surface area contributed by atoms with Gasteiger partial charge in [0.1, 0.15) is 11.5 Å². The monoisotopic (exact) mass is 201 g/mol. The molecule has 0 aliphatic carbocycles. The Labute approximate surface area is 81.6 Å². The van der Waals surface area contributed by atoms with Crippen LogP contribution in [0.15, 0.2) is 18.2 Å². The van der Waals surface area contributed by atoms with E-state index in [1.165, 1.54) is 32.0 Å². The molecule has 0 unspecified atom stereocenters. The third-order valence-electron chi connectivity index (χ3n) is 1.97. The predicted octanol–water partition coefficient (Wildman–Crippen LogP) is 2.42. The second-order valence-corrected chi connectivity index (χ2v) is 3.59. The van der Waals surface area contributed by atoms with Gasteiger partial charge in [-0.2, -0.15) is 0 Å². The van der Waals surface area contributed by atoms with E-state index in [0.29, 0.717) is 5.56 Å². The van der Waals surface area contributed by atoms with Gasteiger partial charge in [-0.05, 0) is 31.5 Å². The molecule has 0 heterocycles. The van der Waals surface area contributed by atoms with Crippen LogP contribution in [0.4, 0.5) is 8.78 Å². The van der Waals surface area contributed by atoms with Crippen LogP contribution in [0.1, 0.15) is 25.0 Å². The number of halogens is 2. The molecule has 0 bridgehead atoms. The van der Waals surface area contributed by atoms with Crippen molar-refractivity contribution in [3.05, 3.63) is 35.1 Å². The molecule has 0 aromatic heterocycles. The molecule has 2 N–H and O–H groups in total. The number of alkyl halides is 1. The van der Waals surface area contributed by atoms with E-state index in [0.717, 1.165) is 0 Å². The maximum absolute atomic E-state index is 13.5. The average molecular weight is 201 g/mol. The van der Waals surface area contributed by atoms with Gasteiger partial charge in [0.05, 0.1) is 6.61 Å². The second-order valence-electron chi connectivity index (χ2n) is 3.59. The molecule has 1 rings (SSSR count). The molecular weight excluding hydrogens is 188 g/mol. The number of hydrogen-bond acceptors (Lipinski definition) is 2. The zero-order valence-corrected chi connectivity index (χ0v) is 8.18. The molecule has 1 aromatic carbocycles. The summed E-state index contributed by atoms with van der Waals surface area (Å²) in [5, 5.41) is 0. The zero-order valence-electron chi connectivity index (χ0n) is 8.18. The highest BCUT2D eigenvalue weighted by Gasteiger charge is 2.19. The van der Waals surface area contributed by atoms with Gasteiger partial charge in [-0.15, -0.1) is 0 Å². The first-order valence-electron chi connectivity index (χ1n) is 4.24. The largest absolute Gasteiger partial charge is 0.300 e. The molecule has 4 heteroatoms. The molecule has 0 saturated heterocycles. The first-order chi connectivity index (χ1) is 6.45. The van der Waals surface area contributed by atoms with Gasteiger partial charge < -0.3 is 0 Å². The lowest BCUT2D eigenvalue weighted by molar-refractivity contribution is 0.121. The standard InChI is InChI=1S/C10H13F2NO/c1-10(2,12)8-3-4-9(11)7(5-8)6-14-13/h3-5H,6,13H2,1-2H3. The van der Waals surface area contributed by atoms with Crippen LogP contribution in [0.3, 0.4) is 0 Å². The van der Waals surface area contributed by atoms with Crippen molar-refractivity contribution in [1.29, 1.82) is 0 Å². The molecule has 0 fully saturated rings. The lowest BCUT2D eigenvalue weighted by Crippen LogP contribution is -2.11. The molecule has 0 aliphatic heterocycles. The molecule has 2 nitrogen and oxygen atoms in total. The van der Waals surface area contributed by atoms with Crippen LogP contribution < -0.4 is 5.90 Å². The maximum Gasteiger partial charge on any atom is 0.130 e. The highest BCUT2D eigenvalue weighted by atomic mass is 19.1. The number of rotatable bonds is 3. The minimum Gasteiger partial charge on any atom is -0.300 e. The minimum atomic E-state index is -1.49. The summed E-state index contributed by atoms with van der Waals surface area (Å²) in [4.78, 5) is 4.31. The van der Waals surface area contributed by atoms with Gasteiger partial charge in [0.15, 0.2) is 0 Å². The lowest BCUT2D eigenvalue weighted by atomic mass is 9.98. The van der Waals surface area contributed by atoms with Crippen LogP contribution in [0.2, 0.25) is 0 Å². The van der Waals surface area contributed by atoms with E-state index in [-0.39, 0.29) is 12.2 Å². The van der Waals surface area contributed by atoms with Gasteiger partial charge in [-0.3, -0.25) is 4.84 Å². The zero-order chi connectivity index (χ0) is 10.8. The highest BCUT2D eigenvalue weighted by Crippen LogP contribution is 2.26. The smallest absolute Gasteiger partial charge is 0.130 e. The fourth-order valence-corrected chi connectivity index (χ4v) is 1.14. The van der Waals surface area contributed by atoms with E-state index in [9.17, 15) is 8.78 Å². The maximum atomic E-state index is 13.5. The Morgan fingerprint density at radius 2 is 2.07 bits per heavy atom. The van der Waals surface area contributed by atoms with E-state index in [4.69, 9.17) is 5.90 Å². The quantitative estimate of drug-likeness (QED) is 0.762. The summed E-state index contributed by atoms with van der Waals surface area (Å²) >= 11 is 0. The molecule has 0 radical (unpaired) electrons. The Hall–Kier alpha value is -1.00. The van der Waals surface area contributed by atoms with Crippen molar-refractivity contribution in [2.24, 2.45) is 5.90 Å². The van der Waals surface area contributed by atoms with E-state index >= 15 is 0 Å². The molecule has 0 atom stereocenters. The lowest BCUT2D eigenvalue weighted by Gasteiger charge is -2.15. The van der Waals surface area contributed by atoms with Crippen molar-refractivity contribution in [2.75, 3.05) is 0 Å². The molecule has 0 aliphatic rings. The fraction of sp³-hybridized carbons (Fsp3) is 0.400. The third kappa shape index (κ3) is 2.49. The summed E-state index contributed by atoms with van der Waals surface area (Å²) < 4.78 is 26.6. The van der Waals surface area contributed by atoms with E-state index in [1.54, 1.807) is 0 Å². The van der Waals surface area contributed by atoms with Crippen molar-refractivity contribution in [3.63, 3.8) is 0 Å². The first-order valence-corrected chi connectivity index (χ1v) is 4.24.